The van der Waals surface area contributed by atoms with Gasteiger partial charge in [-0.15, -0.1) is 0 Å². The maximum absolute atomic E-state index is 9.18. The third-order valence-corrected chi connectivity index (χ3v) is 3.03. The van der Waals surface area contributed by atoms with Crippen molar-refractivity contribution in [3.8, 4) is 5.75 Å². The molecule has 1 heterocycles. The fraction of sp³-hybridized carbons (Fsp3) is 0.500. The third-order valence-electron chi connectivity index (χ3n) is 3.03. The summed E-state index contributed by atoms with van der Waals surface area (Å²) < 4.78 is 0. The molecule has 0 radical (unpaired) electrons. The fourth-order valence-electron chi connectivity index (χ4n) is 2.15. The first-order valence-corrected chi connectivity index (χ1v) is 5.42. The van der Waals surface area contributed by atoms with E-state index in [0.29, 0.717) is 11.8 Å². The van der Waals surface area contributed by atoms with Crippen molar-refractivity contribution in [3.05, 3.63) is 29.8 Å². The lowest BCUT2D eigenvalue weighted by atomic mass is 10.2. The van der Waals surface area contributed by atoms with Gasteiger partial charge in [0.15, 0.2) is 0 Å². The molecule has 1 aromatic carbocycles. The first-order chi connectivity index (χ1) is 7.29. The van der Waals surface area contributed by atoms with Gasteiger partial charge >= 0.3 is 0 Å². The number of hydrogen-bond donors (Lipinski definition) is 2. The summed E-state index contributed by atoms with van der Waals surface area (Å²) in [6.45, 7) is 2.18. The average Bonchev–Trinajstić information content (AvgIpc) is 2.69. The van der Waals surface area contributed by atoms with Gasteiger partial charge in [-0.25, -0.2) is 0 Å². The minimum absolute atomic E-state index is 0.248. The Balaban J connectivity index is 1.99. The minimum atomic E-state index is 0.248. The SMILES string of the molecule is OC[C@@H]1CCCN1Cc1ccc(O)cc1. The van der Waals surface area contributed by atoms with E-state index in [9.17, 15) is 5.11 Å². The van der Waals surface area contributed by atoms with Crippen LogP contribution in [0.1, 0.15) is 18.4 Å². The summed E-state index contributed by atoms with van der Waals surface area (Å²) in [5, 5.41) is 18.3. The van der Waals surface area contributed by atoms with Crippen molar-refractivity contribution < 1.29 is 10.2 Å². The topological polar surface area (TPSA) is 43.7 Å². The molecule has 2 rings (SSSR count). The molecule has 3 heteroatoms. The zero-order chi connectivity index (χ0) is 10.7. The first kappa shape index (κ1) is 10.5. The molecule has 0 amide bonds. The van der Waals surface area contributed by atoms with E-state index >= 15 is 0 Å². The number of hydrogen-bond acceptors (Lipinski definition) is 3. The molecule has 0 unspecified atom stereocenters. The Kier molecular flexibility index (Phi) is 3.23. The maximum atomic E-state index is 9.18. The van der Waals surface area contributed by atoms with Crippen LogP contribution in [0.15, 0.2) is 24.3 Å². The lowest BCUT2D eigenvalue weighted by Crippen LogP contribution is -2.31. The molecule has 1 aromatic rings. The van der Waals surface area contributed by atoms with Crippen LogP contribution in [0.3, 0.4) is 0 Å². The number of rotatable bonds is 3. The van der Waals surface area contributed by atoms with Gasteiger partial charge in [0.2, 0.25) is 0 Å². The summed E-state index contributed by atoms with van der Waals surface area (Å²) >= 11 is 0. The Morgan fingerprint density at radius 1 is 1.27 bits per heavy atom. The van der Waals surface area contributed by atoms with Crippen LogP contribution in [0.25, 0.3) is 0 Å². The van der Waals surface area contributed by atoms with Crippen LogP contribution >= 0.6 is 0 Å². The molecular formula is C12H17NO2. The molecule has 82 valence electrons. The number of nitrogens with zero attached hydrogens (tertiary/aromatic N) is 1. The number of benzene rings is 1. The van der Waals surface area contributed by atoms with Crippen molar-refractivity contribution in [3.63, 3.8) is 0 Å². The number of aromatic hydroxyl groups is 1. The van der Waals surface area contributed by atoms with E-state index in [1.165, 1.54) is 12.0 Å². The number of aliphatic hydroxyl groups excluding tert-OH is 1. The van der Waals surface area contributed by atoms with Crippen LogP contribution in [0.2, 0.25) is 0 Å². The van der Waals surface area contributed by atoms with Crippen LogP contribution in [0, 0.1) is 0 Å². The standard InChI is InChI=1S/C12H17NO2/c14-9-11-2-1-7-13(11)8-10-3-5-12(15)6-4-10/h3-6,11,14-15H,1-2,7-9H2/t11-/m0/s1. The quantitative estimate of drug-likeness (QED) is 0.786. The highest BCUT2D eigenvalue weighted by atomic mass is 16.3. The normalized spacial score (nSPS) is 22.1. The minimum Gasteiger partial charge on any atom is -0.508 e. The second-order valence-electron chi connectivity index (χ2n) is 4.12. The monoisotopic (exact) mass is 207 g/mol. The molecule has 3 nitrogen and oxygen atoms in total. The molecule has 1 fully saturated rings. The van der Waals surface area contributed by atoms with Gasteiger partial charge in [-0.05, 0) is 37.1 Å². The van der Waals surface area contributed by atoms with Gasteiger partial charge in [0.25, 0.3) is 0 Å². The number of aliphatic hydroxyl groups is 1. The molecule has 0 aliphatic carbocycles. The predicted octanol–water partition coefficient (Wildman–Crippen LogP) is 1.35. The van der Waals surface area contributed by atoms with Crippen LogP contribution in [-0.2, 0) is 6.54 Å². The molecule has 0 aromatic heterocycles. The van der Waals surface area contributed by atoms with Crippen molar-refractivity contribution in [2.45, 2.75) is 25.4 Å². The number of phenols is 1. The molecule has 1 aliphatic heterocycles. The molecular weight excluding hydrogens is 190 g/mol. The summed E-state index contributed by atoms with van der Waals surface area (Å²) in [7, 11) is 0. The second-order valence-corrected chi connectivity index (χ2v) is 4.12. The first-order valence-electron chi connectivity index (χ1n) is 5.42. The summed E-state index contributed by atoms with van der Waals surface area (Å²) in [5.41, 5.74) is 1.19. The Bertz CT molecular complexity index is 310. The molecule has 1 saturated heterocycles. The predicted molar refractivity (Wildman–Crippen MR) is 58.6 cm³/mol. The summed E-state index contributed by atoms with van der Waals surface area (Å²) in [6, 6.07) is 7.60. The van der Waals surface area contributed by atoms with E-state index in [2.05, 4.69) is 4.90 Å². The summed E-state index contributed by atoms with van der Waals surface area (Å²) in [4.78, 5) is 2.30. The lowest BCUT2D eigenvalue weighted by molar-refractivity contribution is 0.153. The zero-order valence-corrected chi connectivity index (χ0v) is 8.76. The van der Waals surface area contributed by atoms with Crippen molar-refractivity contribution in [2.24, 2.45) is 0 Å². The number of likely N-dealkylation sites (tertiary alicyclic amines) is 1. The van der Waals surface area contributed by atoms with Gasteiger partial charge < -0.3 is 10.2 Å². The van der Waals surface area contributed by atoms with E-state index in [1.807, 2.05) is 12.1 Å². The Hall–Kier alpha value is -1.06. The highest BCUT2D eigenvalue weighted by Crippen LogP contribution is 2.20. The van der Waals surface area contributed by atoms with Crippen molar-refractivity contribution in [1.82, 2.24) is 4.90 Å². The molecule has 1 atom stereocenters. The van der Waals surface area contributed by atoms with Crippen molar-refractivity contribution in [2.75, 3.05) is 13.2 Å². The Morgan fingerprint density at radius 2 is 2.00 bits per heavy atom. The lowest BCUT2D eigenvalue weighted by Gasteiger charge is -2.22. The van der Waals surface area contributed by atoms with E-state index < -0.39 is 0 Å². The van der Waals surface area contributed by atoms with Gasteiger partial charge in [-0.3, -0.25) is 4.90 Å². The Morgan fingerprint density at radius 3 is 2.67 bits per heavy atom. The van der Waals surface area contributed by atoms with Gasteiger partial charge in [0.1, 0.15) is 5.75 Å². The molecule has 2 N–H and O–H groups in total. The third kappa shape index (κ3) is 2.49. The van der Waals surface area contributed by atoms with Crippen LogP contribution in [-0.4, -0.2) is 34.3 Å². The molecule has 0 saturated carbocycles. The maximum Gasteiger partial charge on any atom is 0.115 e. The van der Waals surface area contributed by atoms with E-state index in [4.69, 9.17) is 5.11 Å². The van der Waals surface area contributed by atoms with Gasteiger partial charge in [0.05, 0.1) is 6.61 Å². The molecule has 0 bridgehead atoms. The molecule has 1 aliphatic rings. The number of phenolic OH excluding ortho intramolecular Hbond substituents is 1. The average molecular weight is 207 g/mol. The van der Waals surface area contributed by atoms with E-state index in [0.717, 1.165) is 19.5 Å². The van der Waals surface area contributed by atoms with E-state index in [1.54, 1.807) is 12.1 Å². The Labute approximate surface area is 90.0 Å². The van der Waals surface area contributed by atoms with Gasteiger partial charge in [-0.1, -0.05) is 12.1 Å². The van der Waals surface area contributed by atoms with Crippen LogP contribution in [0.5, 0.6) is 5.75 Å². The molecule has 15 heavy (non-hydrogen) atoms. The highest BCUT2D eigenvalue weighted by molar-refractivity contribution is 5.25. The van der Waals surface area contributed by atoms with Crippen molar-refractivity contribution >= 4 is 0 Å². The zero-order valence-electron chi connectivity index (χ0n) is 8.76. The smallest absolute Gasteiger partial charge is 0.115 e. The van der Waals surface area contributed by atoms with Gasteiger partial charge in [-0.2, -0.15) is 0 Å². The highest BCUT2D eigenvalue weighted by Gasteiger charge is 2.23. The summed E-state index contributed by atoms with van der Waals surface area (Å²) in [5.74, 6) is 0.305. The largest absolute Gasteiger partial charge is 0.508 e. The van der Waals surface area contributed by atoms with E-state index in [-0.39, 0.29) is 6.61 Å². The van der Waals surface area contributed by atoms with Crippen molar-refractivity contribution in [1.29, 1.82) is 0 Å². The van der Waals surface area contributed by atoms with Crippen LogP contribution < -0.4 is 0 Å². The second kappa shape index (κ2) is 4.64. The van der Waals surface area contributed by atoms with Gasteiger partial charge in [0, 0.05) is 12.6 Å². The molecule has 0 spiro atoms. The summed E-state index contributed by atoms with van der Waals surface area (Å²) in [6.07, 6.45) is 2.26. The van der Waals surface area contributed by atoms with Crippen LogP contribution in [0.4, 0.5) is 0 Å². The fourth-order valence-corrected chi connectivity index (χ4v) is 2.15.